The van der Waals surface area contributed by atoms with Crippen molar-refractivity contribution < 1.29 is 9.50 Å². The fourth-order valence-corrected chi connectivity index (χ4v) is 3.28. The van der Waals surface area contributed by atoms with Crippen LogP contribution >= 0.6 is 0 Å². The first-order valence-electron chi connectivity index (χ1n) is 8.43. The van der Waals surface area contributed by atoms with Crippen LogP contribution in [0.2, 0.25) is 0 Å². The Morgan fingerprint density at radius 1 is 1.31 bits per heavy atom. The average Bonchev–Trinajstić information content (AvgIpc) is 3.18. The Morgan fingerprint density at radius 2 is 2.08 bits per heavy atom. The highest BCUT2D eigenvalue weighted by Crippen LogP contribution is 2.28. The molecule has 1 aliphatic rings. The third-order valence-electron chi connectivity index (χ3n) is 4.66. The van der Waals surface area contributed by atoms with Crippen LogP contribution in [0.4, 0.5) is 4.39 Å². The quantitative estimate of drug-likeness (QED) is 0.657. The molecule has 132 valence electrons. The van der Waals surface area contributed by atoms with E-state index < -0.39 is 11.2 Å². The summed E-state index contributed by atoms with van der Waals surface area (Å²) in [5.74, 6) is 5.84. The number of nitrogens with one attached hydrogen (secondary N) is 1. The lowest BCUT2D eigenvalue weighted by Crippen LogP contribution is -2.21. The van der Waals surface area contributed by atoms with Crippen LogP contribution in [0.1, 0.15) is 31.5 Å². The van der Waals surface area contributed by atoms with Gasteiger partial charge in [-0.15, -0.1) is 0 Å². The number of aryl methyl sites for hydroxylation is 1. The van der Waals surface area contributed by atoms with Gasteiger partial charge >= 0.3 is 0 Å². The number of halogens is 1. The van der Waals surface area contributed by atoms with E-state index in [2.05, 4.69) is 26.8 Å². The van der Waals surface area contributed by atoms with Crippen LogP contribution in [0.5, 0.6) is 0 Å². The van der Waals surface area contributed by atoms with Gasteiger partial charge in [0.25, 0.3) is 5.56 Å². The highest BCUT2D eigenvalue weighted by Gasteiger charge is 2.28. The summed E-state index contributed by atoms with van der Waals surface area (Å²) in [6.45, 7) is 0. The molecule has 0 saturated heterocycles. The van der Waals surface area contributed by atoms with Crippen molar-refractivity contribution >= 4 is 11.2 Å². The van der Waals surface area contributed by atoms with E-state index in [1.807, 2.05) is 0 Å². The summed E-state index contributed by atoms with van der Waals surface area (Å²) in [5, 5.41) is 10.3. The molecule has 3 aromatic rings. The molecule has 1 aromatic carbocycles. The van der Waals surface area contributed by atoms with Crippen molar-refractivity contribution in [2.75, 3.05) is 0 Å². The predicted molar refractivity (Wildman–Crippen MR) is 94.8 cm³/mol. The lowest BCUT2D eigenvalue weighted by atomic mass is 10.0. The van der Waals surface area contributed by atoms with E-state index in [4.69, 9.17) is 0 Å². The van der Waals surface area contributed by atoms with E-state index >= 15 is 0 Å². The first kappa shape index (κ1) is 16.5. The highest BCUT2D eigenvalue weighted by atomic mass is 19.1. The molecule has 0 bridgehead atoms. The van der Waals surface area contributed by atoms with Gasteiger partial charge in [0.2, 0.25) is 0 Å². The zero-order valence-electron chi connectivity index (χ0n) is 14.2. The van der Waals surface area contributed by atoms with Crippen molar-refractivity contribution in [3.05, 3.63) is 46.3 Å². The largest absolute Gasteiger partial charge is 0.378 e. The number of hydrogen-bond acceptors (Lipinski definition) is 4. The minimum Gasteiger partial charge on any atom is -0.378 e. The second-order valence-electron chi connectivity index (χ2n) is 6.58. The van der Waals surface area contributed by atoms with Gasteiger partial charge in [0.1, 0.15) is 17.2 Å². The van der Waals surface area contributed by atoms with Crippen molar-refractivity contribution in [3.8, 4) is 23.2 Å². The summed E-state index contributed by atoms with van der Waals surface area (Å²) < 4.78 is 15.1. The van der Waals surface area contributed by atoms with E-state index in [0.717, 1.165) is 12.8 Å². The minimum absolute atomic E-state index is 0.164. The normalized spacial score (nSPS) is 15.8. The molecular formula is C19H17FN4O2. The molecule has 0 amide bonds. The molecule has 26 heavy (non-hydrogen) atoms. The van der Waals surface area contributed by atoms with E-state index in [-0.39, 0.29) is 17.2 Å². The second-order valence-corrected chi connectivity index (χ2v) is 6.58. The van der Waals surface area contributed by atoms with Gasteiger partial charge in [0.05, 0.1) is 0 Å². The molecule has 0 aliphatic heterocycles. The molecule has 0 radical (unpaired) electrons. The van der Waals surface area contributed by atoms with Gasteiger partial charge in [-0.05, 0) is 43.7 Å². The molecule has 7 heteroatoms. The second kappa shape index (κ2) is 6.07. The summed E-state index contributed by atoms with van der Waals surface area (Å²) in [6.07, 6.45) is 3.13. The fraction of sp³-hybridized carbons (Fsp3) is 0.316. The summed E-state index contributed by atoms with van der Waals surface area (Å²) in [7, 11) is 1.71. The summed E-state index contributed by atoms with van der Waals surface area (Å²) >= 11 is 0. The number of aliphatic hydroxyl groups is 1. The lowest BCUT2D eigenvalue weighted by molar-refractivity contribution is 0.110. The molecule has 6 nitrogen and oxygen atoms in total. The molecule has 2 heterocycles. The van der Waals surface area contributed by atoms with Crippen molar-refractivity contribution in [3.63, 3.8) is 0 Å². The number of rotatable bonds is 1. The van der Waals surface area contributed by atoms with E-state index in [1.165, 1.54) is 12.1 Å². The van der Waals surface area contributed by atoms with E-state index in [1.54, 1.807) is 23.7 Å². The van der Waals surface area contributed by atoms with Crippen LogP contribution in [-0.2, 0) is 7.05 Å². The minimum atomic E-state index is -1.01. The predicted octanol–water partition coefficient (Wildman–Crippen LogP) is 2.12. The van der Waals surface area contributed by atoms with Gasteiger partial charge in [-0.25, -0.2) is 14.4 Å². The van der Waals surface area contributed by atoms with Crippen LogP contribution in [0.15, 0.2) is 29.1 Å². The van der Waals surface area contributed by atoms with Crippen LogP contribution in [0, 0.1) is 17.7 Å². The number of fused-ring (bicyclic) bond motifs is 1. The van der Waals surface area contributed by atoms with Crippen molar-refractivity contribution in [1.82, 2.24) is 19.5 Å². The van der Waals surface area contributed by atoms with Gasteiger partial charge in [-0.3, -0.25) is 9.78 Å². The van der Waals surface area contributed by atoms with Crippen LogP contribution in [0.3, 0.4) is 0 Å². The van der Waals surface area contributed by atoms with Crippen molar-refractivity contribution in [1.29, 1.82) is 0 Å². The fourth-order valence-electron chi connectivity index (χ4n) is 3.28. The third-order valence-corrected chi connectivity index (χ3v) is 4.66. The molecule has 4 rings (SSSR count). The molecular weight excluding hydrogens is 335 g/mol. The Balaban J connectivity index is 1.81. The first-order valence-corrected chi connectivity index (χ1v) is 8.43. The first-order chi connectivity index (χ1) is 12.5. The molecule has 0 spiro atoms. The Labute approximate surface area is 148 Å². The molecule has 0 unspecified atom stereocenters. The Hall–Kier alpha value is -2.98. The molecule has 1 saturated carbocycles. The molecule has 2 N–H and O–H groups in total. The number of aromatic nitrogens is 4. The smallest absolute Gasteiger partial charge is 0.279 e. The standard InChI is InChI=1S/C19H17FN4O2/c1-24-16(12-5-4-6-13(20)11-12)23-15-17(24)21-14(22-18(15)25)7-10-19(26)8-2-3-9-19/h4-6,11,26H,2-3,8-9H2,1H3,(H,21,22,25). The maximum atomic E-state index is 13.5. The number of H-pyrrole nitrogens is 1. The van der Waals surface area contributed by atoms with Crippen LogP contribution in [-0.4, -0.2) is 30.2 Å². The third kappa shape index (κ3) is 2.89. The zero-order chi connectivity index (χ0) is 18.3. The summed E-state index contributed by atoms with van der Waals surface area (Å²) in [4.78, 5) is 23.6. The number of hydrogen-bond donors (Lipinski definition) is 2. The number of nitrogens with zero attached hydrogens (tertiary/aromatic N) is 3. The monoisotopic (exact) mass is 352 g/mol. The maximum absolute atomic E-state index is 13.5. The molecule has 1 fully saturated rings. The van der Waals surface area contributed by atoms with E-state index in [9.17, 15) is 14.3 Å². The van der Waals surface area contributed by atoms with Crippen LogP contribution < -0.4 is 5.56 Å². The topological polar surface area (TPSA) is 83.8 Å². The Kier molecular flexibility index (Phi) is 3.85. The van der Waals surface area contributed by atoms with E-state index in [0.29, 0.717) is 29.9 Å². The molecule has 0 atom stereocenters. The Bertz CT molecular complexity index is 1110. The molecule has 1 aliphatic carbocycles. The van der Waals surface area contributed by atoms with Crippen molar-refractivity contribution in [2.45, 2.75) is 31.3 Å². The zero-order valence-corrected chi connectivity index (χ0v) is 14.2. The van der Waals surface area contributed by atoms with Gasteiger partial charge in [0.15, 0.2) is 17.0 Å². The van der Waals surface area contributed by atoms with Gasteiger partial charge < -0.3 is 9.67 Å². The highest BCUT2D eigenvalue weighted by molar-refractivity contribution is 5.76. The lowest BCUT2D eigenvalue weighted by Gasteiger charge is -2.12. The Morgan fingerprint density at radius 3 is 2.81 bits per heavy atom. The van der Waals surface area contributed by atoms with Gasteiger partial charge in [-0.2, -0.15) is 0 Å². The summed E-state index contributed by atoms with van der Waals surface area (Å²) in [6, 6.07) is 6.00. The number of imidazole rings is 1. The summed E-state index contributed by atoms with van der Waals surface area (Å²) in [5.41, 5.74) is -0.353. The average molecular weight is 352 g/mol. The number of benzene rings is 1. The van der Waals surface area contributed by atoms with Crippen LogP contribution in [0.25, 0.3) is 22.6 Å². The SMILES string of the molecule is Cn1c(-c2cccc(F)c2)nc2c(=O)[nH]c(C#CC3(O)CCCC3)nc21. The van der Waals surface area contributed by atoms with Gasteiger partial charge in [0, 0.05) is 12.6 Å². The van der Waals surface area contributed by atoms with Gasteiger partial charge in [-0.1, -0.05) is 18.1 Å². The number of aromatic amines is 1. The van der Waals surface area contributed by atoms with Crippen molar-refractivity contribution in [2.24, 2.45) is 7.05 Å². The maximum Gasteiger partial charge on any atom is 0.279 e. The molecule has 2 aromatic heterocycles.